The van der Waals surface area contributed by atoms with Gasteiger partial charge in [-0.25, -0.2) is 0 Å². The van der Waals surface area contributed by atoms with Crippen LogP contribution in [0, 0.1) is 0 Å². The fourth-order valence-electron chi connectivity index (χ4n) is 1.69. The van der Waals surface area contributed by atoms with Gasteiger partial charge in [0.2, 0.25) is 0 Å². The van der Waals surface area contributed by atoms with E-state index < -0.39 is 8.32 Å². The number of rotatable bonds is 5. The highest BCUT2D eigenvalue weighted by Crippen LogP contribution is 2.41. The lowest BCUT2D eigenvalue weighted by molar-refractivity contribution is 0.140. The summed E-state index contributed by atoms with van der Waals surface area (Å²) in [6.07, 6.45) is 0.444. The number of hydrogen-bond donors (Lipinski definition) is 1. The van der Waals surface area contributed by atoms with Crippen molar-refractivity contribution < 1.29 is 9.53 Å². The van der Waals surface area contributed by atoms with Gasteiger partial charge in [-0.15, -0.1) is 0 Å². The highest BCUT2D eigenvalue weighted by Gasteiger charge is 2.39. The Morgan fingerprint density at radius 3 is 2.45 bits per heavy atom. The molecule has 1 aromatic carbocycles. The van der Waals surface area contributed by atoms with Crippen molar-refractivity contribution in [3.05, 3.63) is 33.3 Å². The van der Waals surface area contributed by atoms with Crippen LogP contribution in [0.15, 0.2) is 22.7 Å². The van der Waals surface area contributed by atoms with Crippen LogP contribution in [0.5, 0.6) is 0 Å². The number of hydrogen-bond acceptors (Lipinski definition) is 2. The summed E-state index contributed by atoms with van der Waals surface area (Å²) in [4.78, 5) is 0. The van der Waals surface area contributed by atoms with Crippen LogP contribution in [0.1, 0.15) is 38.9 Å². The van der Waals surface area contributed by atoms with Crippen molar-refractivity contribution in [2.24, 2.45) is 0 Å². The van der Waals surface area contributed by atoms with E-state index in [1.54, 1.807) is 0 Å². The van der Waals surface area contributed by atoms with E-state index in [4.69, 9.17) is 16.0 Å². The van der Waals surface area contributed by atoms with Crippen molar-refractivity contribution in [3.8, 4) is 0 Å². The fraction of sp³-hybridized carbons (Fsp3) is 0.600. The van der Waals surface area contributed by atoms with Gasteiger partial charge < -0.3 is 9.53 Å². The molecule has 20 heavy (non-hydrogen) atoms. The summed E-state index contributed by atoms with van der Waals surface area (Å²) >= 11 is 9.65. The summed E-state index contributed by atoms with van der Waals surface area (Å²) in [6, 6.07) is 5.69. The van der Waals surface area contributed by atoms with Crippen molar-refractivity contribution >= 4 is 35.8 Å². The summed E-state index contributed by atoms with van der Waals surface area (Å²) in [5.41, 5.74) is 1.01. The molecular weight excluding hydrogens is 356 g/mol. The monoisotopic (exact) mass is 378 g/mol. The van der Waals surface area contributed by atoms with E-state index in [9.17, 15) is 5.11 Å². The van der Waals surface area contributed by atoms with Gasteiger partial charge in [0.25, 0.3) is 0 Å². The van der Waals surface area contributed by atoms with E-state index >= 15 is 0 Å². The standard InChI is InChI=1S/C15H24BrClO2Si/c1-15(2,3)20(4,5)19-14(8-9-18)12-10-11(17)6-7-13(12)16/h6-7,10,14,18H,8-9H2,1-5H3. The van der Waals surface area contributed by atoms with Gasteiger partial charge in [-0.05, 0) is 48.3 Å². The molecule has 0 aliphatic rings. The zero-order chi connectivity index (χ0) is 15.6. The maximum atomic E-state index is 9.34. The fourth-order valence-corrected chi connectivity index (χ4v) is 3.68. The van der Waals surface area contributed by atoms with Crippen LogP contribution < -0.4 is 0 Å². The molecule has 0 fully saturated rings. The summed E-state index contributed by atoms with van der Waals surface area (Å²) in [7, 11) is -1.90. The number of halogens is 2. The lowest BCUT2D eigenvalue weighted by Crippen LogP contribution is -2.42. The second-order valence-electron chi connectivity index (χ2n) is 6.54. The van der Waals surface area contributed by atoms with Crippen LogP contribution in [0.4, 0.5) is 0 Å². The predicted octanol–water partition coefficient (Wildman–Crippen LogP) is 5.55. The lowest BCUT2D eigenvalue weighted by atomic mass is 10.1. The van der Waals surface area contributed by atoms with Crippen molar-refractivity contribution in [2.45, 2.75) is 51.4 Å². The molecule has 0 saturated heterocycles. The largest absolute Gasteiger partial charge is 0.410 e. The zero-order valence-electron chi connectivity index (χ0n) is 12.8. The summed E-state index contributed by atoms with van der Waals surface area (Å²) in [5.74, 6) is 0. The first-order valence-electron chi connectivity index (χ1n) is 6.82. The second kappa shape index (κ2) is 6.92. The molecule has 0 saturated carbocycles. The van der Waals surface area contributed by atoms with Gasteiger partial charge in [0, 0.05) is 16.1 Å². The third-order valence-corrected chi connectivity index (χ3v) is 9.38. The average molecular weight is 380 g/mol. The summed E-state index contributed by atoms with van der Waals surface area (Å²) in [5, 5.41) is 10.2. The van der Waals surface area contributed by atoms with E-state index in [0.29, 0.717) is 11.4 Å². The smallest absolute Gasteiger partial charge is 0.192 e. The Balaban J connectivity index is 3.09. The van der Waals surface area contributed by atoms with E-state index in [2.05, 4.69) is 49.8 Å². The second-order valence-corrected chi connectivity index (χ2v) is 12.6. The summed E-state index contributed by atoms with van der Waals surface area (Å²) in [6.45, 7) is 11.2. The molecule has 0 spiro atoms. The van der Waals surface area contributed by atoms with Crippen LogP contribution in [0.25, 0.3) is 0 Å². The minimum absolute atomic E-state index is 0.0955. The molecule has 2 nitrogen and oxygen atoms in total. The highest BCUT2D eigenvalue weighted by molar-refractivity contribution is 9.10. The topological polar surface area (TPSA) is 29.5 Å². The molecule has 1 aromatic rings. The molecule has 0 aliphatic carbocycles. The molecule has 1 unspecified atom stereocenters. The zero-order valence-corrected chi connectivity index (χ0v) is 16.2. The van der Waals surface area contributed by atoms with Crippen LogP contribution in [0.2, 0.25) is 23.2 Å². The quantitative estimate of drug-likeness (QED) is 0.680. The Kier molecular flexibility index (Phi) is 6.29. The normalized spacial score (nSPS) is 14.4. The molecule has 0 aliphatic heterocycles. The van der Waals surface area contributed by atoms with Gasteiger partial charge in [0.1, 0.15) is 0 Å². The molecule has 0 radical (unpaired) electrons. The molecule has 0 aromatic heterocycles. The van der Waals surface area contributed by atoms with Gasteiger partial charge >= 0.3 is 0 Å². The van der Waals surface area contributed by atoms with Gasteiger partial charge in [-0.2, -0.15) is 0 Å². The van der Waals surface area contributed by atoms with E-state index in [0.717, 1.165) is 10.0 Å². The SMILES string of the molecule is CC(C)(C)[Si](C)(C)OC(CCO)c1cc(Cl)ccc1Br. The minimum Gasteiger partial charge on any atom is -0.410 e. The van der Waals surface area contributed by atoms with Gasteiger partial charge in [-0.1, -0.05) is 48.3 Å². The molecule has 1 rings (SSSR count). The minimum atomic E-state index is -1.90. The van der Waals surface area contributed by atoms with Crippen molar-refractivity contribution in [3.63, 3.8) is 0 Å². The Labute approximate surface area is 136 Å². The first-order valence-corrected chi connectivity index (χ1v) is 10.9. The van der Waals surface area contributed by atoms with Crippen LogP contribution in [0.3, 0.4) is 0 Å². The molecule has 0 amide bonds. The third kappa shape index (κ3) is 4.57. The number of aliphatic hydroxyl groups excluding tert-OH is 1. The van der Waals surface area contributed by atoms with Crippen molar-refractivity contribution in [1.82, 2.24) is 0 Å². The van der Waals surface area contributed by atoms with Crippen LogP contribution >= 0.6 is 27.5 Å². The Morgan fingerprint density at radius 2 is 1.95 bits per heavy atom. The van der Waals surface area contributed by atoms with Crippen molar-refractivity contribution in [1.29, 1.82) is 0 Å². The van der Waals surface area contributed by atoms with Gasteiger partial charge in [0.05, 0.1) is 6.10 Å². The highest BCUT2D eigenvalue weighted by atomic mass is 79.9. The van der Waals surface area contributed by atoms with E-state index in [1.807, 2.05) is 18.2 Å². The molecule has 0 heterocycles. The Bertz CT molecular complexity index is 458. The molecular formula is C15H24BrClO2Si. The Morgan fingerprint density at radius 1 is 1.35 bits per heavy atom. The van der Waals surface area contributed by atoms with Gasteiger partial charge in [-0.3, -0.25) is 0 Å². The van der Waals surface area contributed by atoms with E-state index in [-0.39, 0.29) is 17.7 Å². The first-order chi connectivity index (χ1) is 9.08. The predicted molar refractivity (Wildman–Crippen MR) is 91.9 cm³/mol. The number of benzene rings is 1. The van der Waals surface area contributed by atoms with Gasteiger partial charge in [0.15, 0.2) is 8.32 Å². The molecule has 1 N–H and O–H groups in total. The molecule has 114 valence electrons. The number of aliphatic hydroxyl groups is 1. The molecule has 0 bridgehead atoms. The maximum absolute atomic E-state index is 9.34. The summed E-state index contributed by atoms with van der Waals surface area (Å²) < 4.78 is 7.43. The van der Waals surface area contributed by atoms with Crippen LogP contribution in [-0.2, 0) is 4.43 Å². The van der Waals surface area contributed by atoms with E-state index in [1.165, 1.54) is 0 Å². The Hall–Kier alpha value is 0.127. The lowest BCUT2D eigenvalue weighted by Gasteiger charge is -2.39. The average Bonchev–Trinajstić information content (AvgIpc) is 2.30. The third-order valence-electron chi connectivity index (χ3n) is 3.94. The van der Waals surface area contributed by atoms with Crippen molar-refractivity contribution in [2.75, 3.05) is 6.61 Å². The first kappa shape index (κ1) is 18.2. The molecule has 5 heteroatoms. The van der Waals surface area contributed by atoms with Crippen LogP contribution in [-0.4, -0.2) is 20.0 Å². The molecule has 1 atom stereocenters. The maximum Gasteiger partial charge on any atom is 0.192 e.